The van der Waals surface area contributed by atoms with E-state index in [1.807, 2.05) is 23.7 Å². The van der Waals surface area contributed by atoms with Crippen LogP contribution in [0.4, 0.5) is 4.79 Å². The molecule has 3 rings (SSSR count). The molecule has 8 heteroatoms. The van der Waals surface area contributed by atoms with E-state index in [9.17, 15) is 4.79 Å². The molecule has 2 aromatic rings. The number of hydrogen-bond acceptors (Lipinski definition) is 5. The van der Waals surface area contributed by atoms with E-state index < -0.39 is 0 Å². The van der Waals surface area contributed by atoms with Gasteiger partial charge in [-0.3, -0.25) is 0 Å². The first-order valence-electron chi connectivity index (χ1n) is 8.67. The van der Waals surface area contributed by atoms with Gasteiger partial charge in [0.2, 0.25) is 5.88 Å². The number of unbranched alkanes of at least 4 members (excludes halogenated alkanes) is 1. The normalized spacial score (nSPS) is 13.4. The fourth-order valence-electron chi connectivity index (χ4n) is 2.72. The molecule has 0 saturated carbocycles. The molecule has 3 heterocycles. The molecule has 0 fully saturated rings. The molecule has 1 aliphatic rings. The molecule has 0 atom stereocenters. The van der Waals surface area contributed by atoms with Gasteiger partial charge in [-0.25, -0.2) is 19.4 Å². The van der Waals surface area contributed by atoms with Crippen molar-refractivity contribution in [2.75, 3.05) is 13.2 Å². The smallest absolute Gasteiger partial charge is 0.318 e. The van der Waals surface area contributed by atoms with Gasteiger partial charge in [0.15, 0.2) is 0 Å². The third-order valence-corrected chi connectivity index (χ3v) is 4.07. The third kappa shape index (κ3) is 4.26. The van der Waals surface area contributed by atoms with Crippen molar-refractivity contribution >= 4 is 6.03 Å². The second-order valence-corrected chi connectivity index (χ2v) is 6.05. The van der Waals surface area contributed by atoms with Gasteiger partial charge in [-0.2, -0.15) is 5.10 Å². The zero-order valence-electron chi connectivity index (χ0n) is 14.7. The fraction of sp³-hybridized carbons (Fsp3) is 0.529. The van der Waals surface area contributed by atoms with Gasteiger partial charge >= 0.3 is 6.03 Å². The summed E-state index contributed by atoms with van der Waals surface area (Å²) in [6.07, 6.45) is 3.75. The van der Waals surface area contributed by atoms with Crippen LogP contribution < -0.4 is 10.1 Å². The Bertz CT molecular complexity index is 730. The van der Waals surface area contributed by atoms with E-state index in [0.717, 1.165) is 30.1 Å². The van der Waals surface area contributed by atoms with E-state index >= 15 is 0 Å². The summed E-state index contributed by atoms with van der Waals surface area (Å²) in [6, 6.07) is 3.65. The topological polar surface area (TPSA) is 85.2 Å². The number of hydrogen-bond donors (Lipinski definition) is 1. The molecule has 134 valence electrons. The Kier molecular flexibility index (Phi) is 5.47. The van der Waals surface area contributed by atoms with E-state index in [2.05, 4.69) is 27.3 Å². The first-order chi connectivity index (χ1) is 12.2. The molecule has 0 radical (unpaired) electrons. The molecule has 2 aromatic heterocycles. The maximum absolute atomic E-state index is 12.5. The maximum Gasteiger partial charge on any atom is 0.318 e. The summed E-state index contributed by atoms with van der Waals surface area (Å²) in [7, 11) is 0. The van der Waals surface area contributed by atoms with Gasteiger partial charge in [-0.15, -0.1) is 0 Å². The lowest BCUT2D eigenvalue weighted by Crippen LogP contribution is -2.44. The van der Waals surface area contributed by atoms with Crippen LogP contribution in [0.3, 0.4) is 0 Å². The van der Waals surface area contributed by atoms with E-state index in [0.29, 0.717) is 38.7 Å². The molecule has 0 spiro atoms. The summed E-state index contributed by atoms with van der Waals surface area (Å²) >= 11 is 0. The first kappa shape index (κ1) is 17.2. The van der Waals surface area contributed by atoms with Gasteiger partial charge in [-0.05, 0) is 19.4 Å². The molecular weight excluding hydrogens is 320 g/mol. The number of aryl methyl sites for hydroxylation is 1. The van der Waals surface area contributed by atoms with Crippen molar-refractivity contribution in [3.05, 3.63) is 35.5 Å². The minimum Gasteiger partial charge on any atom is -0.477 e. The summed E-state index contributed by atoms with van der Waals surface area (Å²) < 4.78 is 7.57. The van der Waals surface area contributed by atoms with Gasteiger partial charge in [0.25, 0.3) is 0 Å². The van der Waals surface area contributed by atoms with Crippen LogP contribution in [0.25, 0.3) is 0 Å². The van der Waals surface area contributed by atoms with Crippen LogP contribution in [-0.2, 0) is 19.6 Å². The Morgan fingerprint density at radius 2 is 2.28 bits per heavy atom. The number of carbonyl (C=O) groups is 1. The van der Waals surface area contributed by atoms with Crippen molar-refractivity contribution in [1.29, 1.82) is 0 Å². The molecule has 8 nitrogen and oxygen atoms in total. The number of aromatic nitrogens is 4. The molecule has 25 heavy (non-hydrogen) atoms. The van der Waals surface area contributed by atoms with Gasteiger partial charge in [-0.1, -0.05) is 19.4 Å². The lowest BCUT2D eigenvalue weighted by atomic mass is 10.2. The van der Waals surface area contributed by atoms with Crippen molar-refractivity contribution in [3.8, 4) is 5.88 Å². The Morgan fingerprint density at radius 1 is 1.40 bits per heavy atom. The largest absolute Gasteiger partial charge is 0.477 e. The number of fused-ring (bicyclic) bond motifs is 1. The minimum atomic E-state index is -0.115. The van der Waals surface area contributed by atoms with E-state index in [4.69, 9.17) is 4.74 Å². The van der Waals surface area contributed by atoms with Gasteiger partial charge in [0.1, 0.15) is 11.6 Å². The lowest BCUT2D eigenvalue weighted by molar-refractivity contribution is 0.179. The highest BCUT2D eigenvalue weighted by Gasteiger charge is 2.22. The second-order valence-electron chi connectivity index (χ2n) is 6.05. The van der Waals surface area contributed by atoms with Gasteiger partial charge in [0, 0.05) is 24.8 Å². The number of nitrogens with one attached hydrogen (secondary N) is 1. The first-order valence-corrected chi connectivity index (χ1v) is 8.67. The number of amides is 2. The summed E-state index contributed by atoms with van der Waals surface area (Å²) in [4.78, 5) is 22.8. The van der Waals surface area contributed by atoms with Crippen molar-refractivity contribution in [2.45, 2.75) is 46.3 Å². The number of pyridine rings is 1. The lowest BCUT2D eigenvalue weighted by Gasteiger charge is -2.27. The predicted molar refractivity (Wildman–Crippen MR) is 92.0 cm³/mol. The van der Waals surface area contributed by atoms with E-state index in [1.54, 1.807) is 11.1 Å². The van der Waals surface area contributed by atoms with Crippen molar-refractivity contribution in [1.82, 2.24) is 30.0 Å². The minimum absolute atomic E-state index is 0.115. The average Bonchev–Trinajstić information content (AvgIpc) is 3.00. The van der Waals surface area contributed by atoms with Crippen LogP contribution >= 0.6 is 0 Å². The second kappa shape index (κ2) is 7.96. The summed E-state index contributed by atoms with van der Waals surface area (Å²) in [5, 5.41) is 7.25. The van der Waals surface area contributed by atoms with Crippen LogP contribution in [0.2, 0.25) is 0 Å². The Balaban J connectivity index is 1.56. The van der Waals surface area contributed by atoms with E-state index in [-0.39, 0.29) is 6.03 Å². The van der Waals surface area contributed by atoms with Crippen molar-refractivity contribution in [3.63, 3.8) is 0 Å². The molecular formula is C17H24N6O2. The van der Waals surface area contributed by atoms with Crippen LogP contribution in [0.15, 0.2) is 18.3 Å². The zero-order valence-corrected chi connectivity index (χ0v) is 14.7. The molecule has 0 saturated heterocycles. The fourth-order valence-corrected chi connectivity index (χ4v) is 2.72. The number of urea groups is 1. The maximum atomic E-state index is 12.5. The molecule has 0 unspecified atom stereocenters. The Hall–Kier alpha value is -2.64. The van der Waals surface area contributed by atoms with Crippen LogP contribution in [0.1, 0.15) is 37.0 Å². The summed E-state index contributed by atoms with van der Waals surface area (Å²) in [6.45, 7) is 6.75. The quantitative estimate of drug-likeness (QED) is 0.809. The zero-order chi connectivity index (χ0) is 17.6. The summed E-state index contributed by atoms with van der Waals surface area (Å²) in [5.74, 6) is 2.15. The average molecular weight is 344 g/mol. The summed E-state index contributed by atoms with van der Waals surface area (Å²) in [5.41, 5.74) is 0.878. The van der Waals surface area contributed by atoms with Crippen LogP contribution in [-0.4, -0.2) is 43.8 Å². The molecule has 0 aliphatic carbocycles. The standard InChI is InChI=1S/C17H24N6O2/c1-3-4-10-25-16-14(6-5-7-18-16)11-19-17(24)22-8-9-23-15(12-22)20-13(2)21-23/h5-7H,3-4,8-12H2,1-2H3,(H,19,24). The van der Waals surface area contributed by atoms with Crippen molar-refractivity contribution < 1.29 is 9.53 Å². The highest BCUT2D eigenvalue weighted by atomic mass is 16.5. The predicted octanol–water partition coefficient (Wildman–Crippen LogP) is 1.89. The molecule has 0 aromatic carbocycles. The van der Waals surface area contributed by atoms with Gasteiger partial charge < -0.3 is 15.0 Å². The number of carbonyl (C=O) groups excluding carboxylic acids is 1. The Labute approximate surface area is 147 Å². The van der Waals surface area contributed by atoms with Gasteiger partial charge in [0.05, 0.1) is 19.7 Å². The molecule has 2 amide bonds. The SMILES string of the molecule is CCCCOc1ncccc1CNC(=O)N1CCn2nc(C)nc2C1. The van der Waals surface area contributed by atoms with Crippen LogP contribution in [0.5, 0.6) is 5.88 Å². The number of rotatable bonds is 6. The molecule has 0 bridgehead atoms. The number of nitrogens with zero attached hydrogens (tertiary/aromatic N) is 5. The van der Waals surface area contributed by atoms with Crippen molar-refractivity contribution in [2.24, 2.45) is 0 Å². The molecule has 1 N–H and O–H groups in total. The van der Waals surface area contributed by atoms with E-state index in [1.165, 1.54) is 0 Å². The van der Waals surface area contributed by atoms with Crippen LogP contribution in [0, 0.1) is 6.92 Å². The third-order valence-electron chi connectivity index (χ3n) is 4.07. The number of ether oxygens (including phenoxy) is 1. The molecule has 1 aliphatic heterocycles. The Morgan fingerprint density at radius 3 is 3.12 bits per heavy atom. The highest BCUT2D eigenvalue weighted by Crippen LogP contribution is 2.15. The highest BCUT2D eigenvalue weighted by molar-refractivity contribution is 5.74. The monoisotopic (exact) mass is 344 g/mol.